The number of nitro groups is 1. The van der Waals surface area contributed by atoms with Crippen LogP contribution in [0, 0.1) is 10.1 Å². The van der Waals surface area contributed by atoms with E-state index in [4.69, 9.17) is 9.84 Å². The lowest BCUT2D eigenvalue weighted by Gasteiger charge is -2.19. The standard InChI is InChI=1S/C12H14N2O6/c1-7(11(15)13(2)3)20-10-5-4-8(14(18)19)6-9(10)12(16)17/h4-7H,1-3H3,(H,16,17). The van der Waals surface area contributed by atoms with Gasteiger partial charge in [0.1, 0.15) is 11.3 Å². The van der Waals surface area contributed by atoms with E-state index in [1.54, 1.807) is 0 Å². The summed E-state index contributed by atoms with van der Waals surface area (Å²) in [5, 5.41) is 19.7. The number of non-ortho nitro benzene ring substituents is 1. The molecule has 1 atom stereocenters. The van der Waals surface area contributed by atoms with E-state index in [1.807, 2.05) is 0 Å². The maximum atomic E-state index is 11.6. The lowest BCUT2D eigenvalue weighted by Crippen LogP contribution is -2.35. The fraction of sp³-hybridized carbons (Fsp3) is 0.333. The largest absolute Gasteiger partial charge is 0.480 e. The smallest absolute Gasteiger partial charge is 0.339 e. The molecular weight excluding hydrogens is 268 g/mol. The van der Waals surface area contributed by atoms with Gasteiger partial charge in [0, 0.05) is 26.2 Å². The Bertz CT molecular complexity index is 555. The van der Waals surface area contributed by atoms with Gasteiger partial charge in [-0.2, -0.15) is 0 Å². The van der Waals surface area contributed by atoms with Gasteiger partial charge in [-0.25, -0.2) is 4.79 Å². The van der Waals surface area contributed by atoms with E-state index < -0.39 is 17.0 Å². The summed E-state index contributed by atoms with van der Waals surface area (Å²) in [5.41, 5.74) is -0.723. The average molecular weight is 282 g/mol. The average Bonchev–Trinajstić information content (AvgIpc) is 2.37. The summed E-state index contributed by atoms with van der Waals surface area (Å²) >= 11 is 0. The second-order valence-electron chi connectivity index (χ2n) is 4.24. The van der Waals surface area contributed by atoms with Gasteiger partial charge in [0.15, 0.2) is 6.10 Å². The lowest BCUT2D eigenvalue weighted by molar-refractivity contribution is -0.384. The van der Waals surface area contributed by atoms with Crippen LogP contribution in [0.2, 0.25) is 0 Å². The molecule has 1 amide bonds. The Hall–Kier alpha value is -2.64. The first-order chi connectivity index (χ1) is 9.23. The Labute approximate surface area is 114 Å². The van der Waals surface area contributed by atoms with Crippen molar-refractivity contribution in [2.24, 2.45) is 0 Å². The van der Waals surface area contributed by atoms with Crippen LogP contribution in [0.4, 0.5) is 5.69 Å². The Kier molecular flexibility index (Phi) is 4.63. The van der Waals surface area contributed by atoms with Crippen molar-refractivity contribution in [3.8, 4) is 5.75 Å². The molecule has 0 aliphatic heterocycles. The minimum atomic E-state index is -1.37. The molecular formula is C12H14N2O6. The molecule has 0 heterocycles. The van der Waals surface area contributed by atoms with Crippen LogP contribution in [-0.2, 0) is 4.79 Å². The highest BCUT2D eigenvalue weighted by Gasteiger charge is 2.22. The summed E-state index contributed by atoms with van der Waals surface area (Å²) in [6, 6.07) is 3.18. The number of benzene rings is 1. The normalized spacial score (nSPS) is 11.6. The van der Waals surface area contributed by atoms with Crippen molar-refractivity contribution >= 4 is 17.6 Å². The third kappa shape index (κ3) is 3.44. The number of aromatic carboxylic acids is 1. The van der Waals surface area contributed by atoms with Crippen molar-refractivity contribution in [2.45, 2.75) is 13.0 Å². The quantitative estimate of drug-likeness (QED) is 0.640. The first-order valence-corrected chi connectivity index (χ1v) is 5.63. The molecule has 1 unspecified atom stereocenters. The summed E-state index contributed by atoms with van der Waals surface area (Å²) < 4.78 is 5.27. The number of nitro benzene ring substituents is 1. The topological polar surface area (TPSA) is 110 Å². The summed E-state index contributed by atoms with van der Waals surface area (Å²) in [6.45, 7) is 1.47. The predicted octanol–water partition coefficient (Wildman–Crippen LogP) is 1.15. The van der Waals surface area contributed by atoms with Crippen molar-refractivity contribution in [1.29, 1.82) is 0 Å². The number of carbonyl (C=O) groups is 2. The number of likely N-dealkylation sites (N-methyl/N-ethyl adjacent to an activating group) is 1. The second kappa shape index (κ2) is 6.00. The molecule has 0 fully saturated rings. The molecule has 8 nitrogen and oxygen atoms in total. The number of hydrogen-bond acceptors (Lipinski definition) is 5. The fourth-order valence-corrected chi connectivity index (χ4v) is 1.51. The highest BCUT2D eigenvalue weighted by molar-refractivity contribution is 5.92. The number of nitrogens with zero attached hydrogens (tertiary/aromatic N) is 2. The van der Waals surface area contributed by atoms with Gasteiger partial charge in [-0.05, 0) is 13.0 Å². The van der Waals surface area contributed by atoms with Gasteiger partial charge in [0.05, 0.1) is 4.92 Å². The zero-order valence-electron chi connectivity index (χ0n) is 11.2. The van der Waals surface area contributed by atoms with E-state index in [9.17, 15) is 19.7 Å². The van der Waals surface area contributed by atoms with Crippen LogP contribution in [0.15, 0.2) is 18.2 Å². The number of hydrogen-bond donors (Lipinski definition) is 1. The van der Waals surface area contributed by atoms with E-state index in [1.165, 1.54) is 32.0 Å². The van der Waals surface area contributed by atoms with Crippen LogP contribution in [0.3, 0.4) is 0 Å². The number of carboxylic acid groups (broad SMARTS) is 1. The minimum Gasteiger partial charge on any atom is -0.480 e. The molecule has 0 aliphatic carbocycles. The van der Waals surface area contributed by atoms with Crippen LogP contribution in [0.5, 0.6) is 5.75 Å². The number of carbonyl (C=O) groups excluding carboxylic acids is 1. The molecule has 0 aromatic heterocycles. The number of rotatable bonds is 5. The molecule has 0 bridgehead atoms. The van der Waals surface area contributed by atoms with Crippen molar-refractivity contribution < 1.29 is 24.4 Å². The molecule has 1 aromatic carbocycles. The first kappa shape index (κ1) is 15.4. The zero-order valence-corrected chi connectivity index (χ0v) is 11.2. The third-order valence-electron chi connectivity index (χ3n) is 2.50. The van der Waals surface area contributed by atoms with Crippen molar-refractivity contribution in [3.63, 3.8) is 0 Å². The molecule has 1 N–H and O–H groups in total. The van der Waals surface area contributed by atoms with Gasteiger partial charge in [0.25, 0.3) is 11.6 Å². The monoisotopic (exact) mass is 282 g/mol. The molecule has 108 valence electrons. The molecule has 0 saturated heterocycles. The van der Waals surface area contributed by atoms with Crippen LogP contribution in [0.1, 0.15) is 17.3 Å². The molecule has 1 aromatic rings. The van der Waals surface area contributed by atoms with E-state index in [2.05, 4.69) is 0 Å². The number of amides is 1. The van der Waals surface area contributed by atoms with E-state index in [-0.39, 0.29) is 22.9 Å². The SMILES string of the molecule is CC(Oc1ccc([N+](=O)[O-])cc1C(=O)O)C(=O)N(C)C. The second-order valence-corrected chi connectivity index (χ2v) is 4.24. The maximum absolute atomic E-state index is 11.6. The van der Waals surface area contributed by atoms with Gasteiger partial charge < -0.3 is 14.7 Å². The summed E-state index contributed by atoms with van der Waals surface area (Å²) in [6.07, 6.45) is -0.899. The number of ether oxygens (including phenoxy) is 1. The van der Waals surface area contributed by atoms with Crippen molar-refractivity contribution in [3.05, 3.63) is 33.9 Å². The summed E-state index contributed by atoms with van der Waals surface area (Å²) in [4.78, 5) is 33.9. The van der Waals surface area contributed by atoms with Gasteiger partial charge in [0.2, 0.25) is 0 Å². The molecule has 0 aliphatic rings. The van der Waals surface area contributed by atoms with Crippen LogP contribution in [0.25, 0.3) is 0 Å². The minimum absolute atomic E-state index is 0.0919. The molecule has 0 saturated carbocycles. The van der Waals surface area contributed by atoms with Gasteiger partial charge in [-0.15, -0.1) is 0 Å². The molecule has 0 radical (unpaired) electrons. The Morgan fingerprint density at radius 1 is 1.40 bits per heavy atom. The molecule has 20 heavy (non-hydrogen) atoms. The van der Waals surface area contributed by atoms with Gasteiger partial charge in [-0.3, -0.25) is 14.9 Å². The Morgan fingerprint density at radius 3 is 2.45 bits per heavy atom. The van der Waals surface area contributed by atoms with Gasteiger partial charge >= 0.3 is 5.97 Å². The Morgan fingerprint density at radius 2 is 2.00 bits per heavy atom. The summed E-state index contributed by atoms with van der Waals surface area (Å²) in [7, 11) is 3.08. The number of carboxylic acids is 1. The first-order valence-electron chi connectivity index (χ1n) is 5.63. The molecule has 0 spiro atoms. The van der Waals surface area contributed by atoms with Crippen molar-refractivity contribution in [1.82, 2.24) is 4.90 Å². The lowest BCUT2D eigenvalue weighted by atomic mass is 10.1. The van der Waals surface area contributed by atoms with E-state index in [0.29, 0.717) is 0 Å². The zero-order chi connectivity index (χ0) is 15.4. The van der Waals surface area contributed by atoms with Crippen LogP contribution in [-0.4, -0.2) is 47.0 Å². The van der Waals surface area contributed by atoms with E-state index >= 15 is 0 Å². The molecule has 8 heteroatoms. The maximum Gasteiger partial charge on any atom is 0.339 e. The predicted molar refractivity (Wildman–Crippen MR) is 68.8 cm³/mol. The summed E-state index contributed by atoms with van der Waals surface area (Å²) in [5.74, 6) is -1.81. The van der Waals surface area contributed by atoms with Crippen molar-refractivity contribution in [2.75, 3.05) is 14.1 Å². The highest BCUT2D eigenvalue weighted by Crippen LogP contribution is 2.25. The van der Waals surface area contributed by atoms with Crippen LogP contribution < -0.4 is 4.74 Å². The van der Waals surface area contributed by atoms with E-state index in [0.717, 1.165) is 12.1 Å². The highest BCUT2D eigenvalue weighted by atomic mass is 16.6. The third-order valence-corrected chi connectivity index (χ3v) is 2.50. The molecule has 1 rings (SSSR count). The Balaban J connectivity index is 3.09. The van der Waals surface area contributed by atoms with Crippen LogP contribution >= 0.6 is 0 Å². The van der Waals surface area contributed by atoms with Gasteiger partial charge in [-0.1, -0.05) is 0 Å². The fourth-order valence-electron chi connectivity index (χ4n) is 1.51.